The zero-order valence-electron chi connectivity index (χ0n) is 9.52. The van der Waals surface area contributed by atoms with E-state index in [0.717, 1.165) is 6.54 Å². The van der Waals surface area contributed by atoms with Crippen LogP contribution >= 0.6 is 0 Å². The standard InChI is InChI=1S/C11H25N3/c1-2-3-4-5-6-7-8-9-10-14-11(12)13/h2-10H2,1H3,(H4,12,13,14)/p+1. The van der Waals surface area contributed by atoms with Crippen molar-refractivity contribution in [2.24, 2.45) is 11.5 Å². The van der Waals surface area contributed by atoms with Gasteiger partial charge < -0.3 is 0 Å². The van der Waals surface area contributed by atoms with Crippen molar-refractivity contribution in [1.29, 1.82) is 0 Å². The van der Waals surface area contributed by atoms with Crippen molar-refractivity contribution in [3.63, 3.8) is 0 Å². The van der Waals surface area contributed by atoms with Gasteiger partial charge in [-0.3, -0.25) is 16.5 Å². The minimum absolute atomic E-state index is 0.341. The lowest BCUT2D eigenvalue weighted by Gasteiger charge is -1.99. The summed E-state index contributed by atoms with van der Waals surface area (Å²) in [6.07, 6.45) is 10.7. The summed E-state index contributed by atoms with van der Waals surface area (Å²) in [5.41, 5.74) is 10.5. The molecule has 0 bridgehead atoms. The molecule has 0 unspecified atom stereocenters. The predicted octanol–water partition coefficient (Wildman–Crippen LogP) is 0.481. The van der Waals surface area contributed by atoms with Gasteiger partial charge in [-0.25, -0.2) is 0 Å². The molecule has 0 aromatic carbocycles. The van der Waals surface area contributed by atoms with Crippen molar-refractivity contribution >= 4 is 5.96 Å². The number of unbranched alkanes of at least 4 members (excludes halogenated alkanes) is 7. The van der Waals surface area contributed by atoms with Crippen LogP contribution in [0.15, 0.2) is 0 Å². The summed E-state index contributed by atoms with van der Waals surface area (Å²) in [5.74, 6) is 0.341. The smallest absolute Gasteiger partial charge is 0.291 e. The van der Waals surface area contributed by atoms with Crippen molar-refractivity contribution in [3.8, 4) is 0 Å². The van der Waals surface area contributed by atoms with Crippen LogP contribution in [-0.4, -0.2) is 12.5 Å². The van der Waals surface area contributed by atoms with Gasteiger partial charge in [0.25, 0.3) is 0 Å². The molecule has 0 aliphatic rings. The molecule has 0 spiro atoms. The molecule has 0 aliphatic carbocycles. The van der Waals surface area contributed by atoms with Gasteiger partial charge in [-0.05, 0) is 6.42 Å². The van der Waals surface area contributed by atoms with Gasteiger partial charge in [-0.1, -0.05) is 51.9 Å². The lowest BCUT2D eigenvalue weighted by atomic mass is 10.1. The normalized spacial score (nSPS) is 10.1. The van der Waals surface area contributed by atoms with E-state index in [2.05, 4.69) is 11.9 Å². The molecule has 14 heavy (non-hydrogen) atoms. The van der Waals surface area contributed by atoms with Gasteiger partial charge in [-0.2, -0.15) is 0 Å². The van der Waals surface area contributed by atoms with E-state index < -0.39 is 0 Å². The Labute approximate surface area is 88.0 Å². The average Bonchev–Trinajstić information content (AvgIpc) is 2.15. The van der Waals surface area contributed by atoms with Crippen LogP contribution in [-0.2, 0) is 0 Å². The molecule has 3 nitrogen and oxygen atoms in total. The minimum atomic E-state index is 0.341. The van der Waals surface area contributed by atoms with E-state index in [9.17, 15) is 0 Å². The highest BCUT2D eigenvalue weighted by Crippen LogP contribution is 2.07. The molecule has 0 saturated heterocycles. The molecular weight excluding hydrogens is 174 g/mol. The summed E-state index contributed by atoms with van der Waals surface area (Å²) in [6.45, 7) is 3.16. The van der Waals surface area contributed by atoms with Gasteiger partial charge in [0.2, 0.25) is 0 Å². The topological polar surface area (TPSA) is 66.0 Å². The Hall–Kier alpha value is -0.730. The van der Waals surface area contributed by atoms with Crippen molar-refractivity contribution in [1.82, 2.24) is 0 Å². The van der Waals surface area contributed by atoms with Crippen LogP contribution in [0.3, 0.4) is 0 Å². The largest absolute Gasteiger partial charge is 0.338 e. The first-order chi connectivity index (χ1) is 6.77. The van der Waals surface area contributed by atoms with Crippen LogP contribution in [0, 0.1) is 0 Å². The maximum absolute atomic E-state index is 5.27. The van der Waals surface area contributed by atoms with Crippen LogP contribution in [0.1, 0.15) is 58.3 Å². The molecule has 0 amide bonds. The van der Waals surface area contributed by atoms with Crippen LogP contribution in [0.25, 0.3) is 0 Å². The van der Waals surface area contributed by atoms with E-state index in [-0.39, 0.29) is 0 Å². The Morgan fingerprint density at radius 1 is 0.857 bits per heavy atom. The molecular formula is C11H26N3+. The fraction of sp³-hybridized carbons (Fsp3) is 0.909. The summed E-state index contributed by atoms with van der Waals surface area (Å²) in [6, 6.07) is 0. The highest BCUT2D eigenvalue weighted by atomic mass is 15.0. The molecule has 0 aliphatic heterocycles. The molecule has 0 aromatic rings. The summed E-state index contributed by atoms with van der Waals surface area (Å²) < 4.78 is 0. The fourth-order valence-electron chi connectivity index (χ4n) is 1.49. The van der Waals surface area contributed by atoms with Crippen molar-refractivity contribution in [2.75, 3.05) is 6.54 Å². The van der Waals surface area contributed by atoms with Gasteiger partial charge >= 0.3 is 5.96 Å². The van der Waals surface area contributed by atoms with Crippen LogP contribution in [0.5, 0.6) is 0 Å². The van der Waals surface area contributed by atoms with Gasteiger partial charge in [0.05, 0.1) is 6.54 Å². The third kappa shape index (κ3) is 11.3. The van der Waals surface area contributed by atoms with Crippen molar-refractivity contribution < 1.29 is 4.99 Å². The maximum atomic E-state index is 5.27. The van der Waals surface area contributed by atoms with Crippen LogP contribution in [0.4, 0.5) is 0 Å². The Morgan fingerprint density at radius 2 is 1.36 bits per heavy atom. The molecule has 0 atom stereocenters. The van der Waals surface area contributed by atoms with E-state index in [0.29, 0.717) is 5.96 Å². The molecule has 0 aromatic heterocycles. The molecule has 0 saturated carbocycles. The van der Waals surface area contributed by atoms with Crippen molar-refractivity contribution in [3.05, 3.63) is 0 Å². The average molecular weight is 200 g/mol. The summed E-state index contributed by atoms with van der Waals surface area (Å²) in [5, 5.41) is 0. The Bertz CT molecular complexity index is 139. The van der Waals surface area contributed by atoms with Crippen LogP contribution < -0.4 is 16.5 Å². The lowest BCUT2D eigenvalue weighted by Crippen LogP contribution is -2.78. The predicted molar refractivity (Wildman–Crippen MR) is 61.8 cm³/mol. The molecule has 0 rings (SSSR count). The molecule has 5 N–H and O–H groups in total. The SMILES string of the molecule is CCCCCCCCCC[NH+]=C(N)N. The first kappa shape index (κ1) is 13.3. The first-order valence-corrected chi connectivity index (χ1v) is 5.89. The minimum Gasteiger partial charge on any atom is -0.291 e. The number of nitrogens with two attached hydrogens (primary N) is 2. The maximum Gasteiger partial charge on any atom is 0.338 e. The fourth-order valence-corrected chi connectivity index (χ4v) is 1.49. The van der Waals surface area contributed by atoms with Crippen LogP contribution in [0.2, 0.25) is 0 Å². The van der Waals surface area contributed by atoms with Gasteiger partial charge in [0.1, 0.15) is 0 Å². The van der Waals surface area contributed by atoms with E-state index in [1.165, 1.54) is 51.4 Å². The second kappa shape index (κ2) is 10.4. The summed E-state index contributed by atoms with van der Waals surface area (Å²) in [7, 11) is 0. The van der Waals surface area contributed by atoms with E-state index in [1.54, 1.807) is 0 Å². The zero-order valence-corrected chi connectivity index (χ0v) is 9.52. The second-order valence-electron chi connectivity index (χ2n) is 3.86. The molecule has 0 radical (unpaired) electrons. The van der Waals surface area contributed by atoms with E-state index in [4.69, 9.17) is 11.5 Å². The quantitative estimate of drug-likeness (QED) is 0.288. The molecule has 0 heterocycles. The highest BCUT2D eigenvalue weighted by molar-refractivity contribution is 5.69. The van der Waals surface area contributed by atoms with Crippen molar-refractivity contribution in [2.45, 2.75) is 58.3 Å². The van der Waals surface area contributed by atoms with E-state index in [1.807, 2.05) is 0 Å². The number of hydrogen-bond donors (Lipinski definition) is 3. The number of guanidine groups is 1. The molecule has 0 fully saturated rings. The summed E-state index contributed by atoms with van der Waals surface area (Å²) in [4.78, 5) is 2.93. The number of nitrogens with one attached hydrogen (secondary N) is 1. The first-order valence-electron chi connectivity index (χ1n) is 5.89. The molecule has 3 heteroatoms. The Kier molecular flexibility index (Phi) is 9.81. The second-order valence-corrected chi connectivity index (χ2v) is 3.86. The third-order valence-electron chi connectivity index (χ3n) is 2.36. The summed E-state index contributed by atoms with van der Waals surface area (Å²) >= 11 is 0. The Balaban J connectivity index is 2.96. The molecule has 84 valence electrons. The zero-order chi connectivity index (χ0) is 10.6. The Morgan fingerprint density at radius 3 is 1.86 bits per heavy atom. The third-order valence-corrected chi connectivity index (χ3v) is 2.36. The highest BCUT2D eigenvalue weighted by Gasteiger charge is 1.91. The van der Waals surface area contributed by atoms with Gasteiger partial charge in [-0.15, -0.1) is 0 Å². The monoisotopic (exact) mass is 200 g/mol. The lowest BCUT2D eigenvalue weighted by molar-refractivity contribution is -0.459. The number of hydrogen-bond acceptors (Lipinski definition) is 0. The van der Waals surface area contributed by atoms with E-state index >= 15 is 0 Å². The van der Waals surface area contributed by atoms with Gasteiger partial charge in [0.15, 0.2) is 0 Å². The number of rotatable bonds is 9. The van der Waals surface area contributed by atoms with Gasteiger partial charge in [0, 0.05) is 0 Å².